The number of phenolic OH excluding ortho intramolecular Hbond substituents is 1. The molecule has 18 heavy (non-hydrogen) atoms. The molecular weight excluding hydrogens is 226 g/mol. The molecule has 0 atom stereocenters. The second-order valence-corrected chi connectivity index (χ2v) is 4.26. The van der Waals surface area contributed by atoms with Gasteiger partial charge in [0.15, 0.2) is 0 Å². The molecule has 0 aliphatic rings. The highest BCUT2D eigenvalue weighted by Crippen LogP contribution is 2.15. The predicted octanol–water partition coefficient (Wildman–Crippen LogP) is 2.88. The number of rotatable bonds is 3. The molecule has 92 valence electrons. The van der Waals surface area contributed by atoms with Crippen molar-refractivity contribution >= 4 is 11.6 Å². The zero-order valence-electron chi connectivity index (χ0n) is 10.2. The van der Waals surface area contributed by atoms with Gasteiger partial charge < -0.3 is 10.4 Å². The topological polar surface area (TPSA) is 49.3 Å². The van der Waals surface area contributed by atoms with Crippen LogP contribution in [0.25, 0.3) is 0 Å². The molecule has 0 aromatic heterocycles. The molecule has 0 saturated carbocycles. The highest BCUT2D eigenvalue weighted by molar-refractivity contribution is 5.92. The van der Waals surface area contributed by atoms with Crippen LogP contribution >= 0.6 is 0 Å². The third-order valence-electron chi connectivity index (χ3n) is 2.62. The Hall–Kier alpha value is -2.29. The maximum absolute atomic E-state index is 11.8. The minimum atomic E-state index is -0.0931. The van der Waals surface area contributed by atoms with Gasteiger partial charge in [-0.15, -0.1) is 0 Å². The fourth-order valence-corrected chi connectivity index (χ4v) is 1.68. The second-order valence-electron chi connectivity index (χ2n) is 4.26. The van der Waals surface area contributed by atoms with Crippen LogP contribution in [0.1, 0.15) is 11.1 Å². The van der Waals surface area contributed by atoms with Gasteiger partial charge in [-0.2, -0.15) is 0 Å². The number of carbonyl (C=O) groups excluding carboxylic acids is 1. The third kappa shape index (κ3) is 3.35. The SMILES string of the molecule is Cc1ccc(CC(=O)Nc2cccc(O)c2)cc1. The molecule has 1 amide bonds. The van der Waals surface area contributed by atoms with Crippen molar-refractivity contribution in [1.82, 2.24) is 0 Å². The first-order chi connectivity index (χ1) is 8.63. The zero-order chi connectivity index (χ0) is 13.0. The van der Waals surface area contributed by atoms with Crippen LogP contribution in [0.15, 0.2) is 48.5 Å². The number of nitrogens with one attached hydrogen (secondary N) is 1. The standard InChI is InChI=1S/C15H15NO2/c1-11-5-7-12(8-6-11)9-15(18)16-13-3-2-4-14(17)10-13/h2-8,10,17H,9H2,1H3,(H,16,18). The molecule has 0 unspecified atom stereocenters. The van der Waals surface area contributed by atoms with Crippen LogP contribution < -0.4 is 5.32 Å². The smallest absolute Gasteiger partial charge is 0.228 e. The van der Waals surface area contributed by atoms with Crippen LogP contribution in [-0.2, 0) is 11.2 Å². The number of benzene rings is 2. The molecule has 0 aliphatic heterocycles. The van der Waals surface area contributed by atoms with Crippen molar-refractivity contribution in [2.75, 3.05) is 5.32 Å². The van der Waals surface area contributed by atoms with E-state index in [4.69, 9.17) is 0 Å². The molecule has 0 radical (unpaired) electrons. The summed E-state index contributed by atoms with van der Waals surface area (Å²) in [7, 11) is 0. The van der Waals surface area contributed by atoms with Crippen molar-refractivity contribution in [1.29, 1.82) is 0 Å². The average molecular weight is 241 g/mol. The molecule has 2 N–H and O–H groups in total. The summed E-state index contributed by atoms with van der Waals surface area (Å²) >= 11 is 0. The summed E-state index contributed by atoms with van der Waals surface area (Å²) in [5.41, 5.74) is 2.75. The lowest BCUT2D eigenvalue weighted by molar-refractivity contribution is -0.115. The summed E-state index contributed by atoms with van der Waals surface area (Å²) in [5, 5.41) is 12.0. The fourth-order valence-electron chi connectivity index (χ4n) is 1.68. The molecule has 3 heteroatoms. The van der Waals surface area contributed by atoms with E-state index in [0.717, 1.165) is 5.56 Å². The summed E-state index contributed by atoms with van der Waals surface area (Å²) in [5.74, 6) is 0.0487. The number of aromatic hydroxyl groups is 1. The molecule has 0 heterocycles. The Bertz CT molecular complexity index is 547. The van der Waals surface area contributed by atoms with Gasteiger partial charge in [0, 0.05) is 11.8 Å². The molecule has 0 spiro atoms. The summed E-state index contributed by atoms with van der Waals surface area (Å²) in [4.78, 5) is 11.8. The third-order valence-corrected chi connectivity index (χ3v) is 2.62. The molecule has 2 rings (SSSR count). The van der Waals surface area contributed by atoms with Crippen molar-refractivity contribution in [3.05, 3.63) is 59.7 Å². The maximum atomic E-state index is 11.8. The van der Waals surface area contributed by atoms with E-state index in [9.17, 15) is 9.90 Å². The van der Waals surface area contributed by atoms with Crippen molar-refractivity contribution in [2.24, 2.45) is 0 Å². The molecule has 0 aliphatic carbocycles. The number of hydrogen-bond donors (Lipinski definition) is 2. The lowest BCUT2D eigenvalue weighted by Gasteiger charge is -2.06. The highest BCUT2D eigenvalue weighted by atomic mass is 16.3. The van der Waals surface area contributed by atoms with Crippen molar-refractivity contribution < 1.29 is 9.90 Å². The van der Waals surface area contributed by atoms with Gasteiger partial charge in [-0.25, -0.2) is 0 Å². The van der Waals surface area contributed by atoms with E-state index in [2.05, 4.69) is 5.32 Å². The molecule has 0 fully saturated rings. The number of anilines is 1. The first-order valence-electron chi connectivity index (χ1n) is 5.78. The van der Waals surface area contributed by atoms with Crippen LogP contribution in [0.3, 0.4) is 0 Å². The Morgan fingerprint density at radius 2 is 1.89 bits per heavy atom. The zero-order valence-corrected chi connectivity index (χ0v) is 10.2. The second kappa shape index (κ2) is 5.36. The fraction of sp³-hybridized carbons (Fsp3) is 0.133. The Kier molecular flexibility index (Phi) is 3.63. The van der Waals surface area contributed by atoms with E-state index >= 15 is 0 Å². The van der Waals surface area contributed by atoms with Gasteiger partial charge in [0.05, 0.1) is 6.42 Å². The van der Waals surface area contributed by atoms with Crippen LogP contribution in [0, 0.1) is 6.92 Å². The van der Waals surface area contributed by atoms with Crippen LogP contribution in [0.4, 0.5) is 5.69 Å². The summed E-state index contributed by atoms with van der Waals surface area (Å²) in [6.07, 6.45) is 0.329. The quantitative estimate of drug-likeness (QED) is 0.868. The van der Waals surface area contributed by atoms with E-state index in [1.165, 1.54) is 11.6 Å². The van der Waals surface area contributed by atoms with E-state index in [1.54, 1.807) is 18.2 Å². The van der Waals surface area contributed by atoms with Crippen molar-refractivity contribution in [2.45, 2.75) is 13.3 Å². The summed E-state index contributed by atoms with van der Waals surface area (Å²) in [6, 6.07) is 14.4. The monoisotopic (exact) mass is 241 g/mol. The molecule has 3 nitrogen and oxygen atoms in total. The summed E-state index contributed by atoms with van der Waals surface area (Å²) in [6.45, 7) is 2.01. The van der Waals surface area contributed by atoms with E-state index in [0.29, 0.717) is 12.1 Å². The molecule has 0 saturated heterocycles. The van der Waals surface area contributed by atoms with Crippen molar-refractivity contribution in [3.8, 4) is 5.75 Å². The van der Waals surface area contributed by atoms with Gasteiger partial charge in [0.1, 0.15) is 5.75 Å². The maximum Gasteiger partial charge on any atom is 0.228 e. The lowest BCUT2D eigenvalue weighted by Crippen LogP contribution is -2.14. The van der Waals surface area contributed by atoms with Crippen LogP contribution in [0.2, 0.25) is 0 Å². The van der Waals surface area contributed by atoms with Crippen LogP contribution in [-0.4, -0.2) is 11.0 Å². The van der Waals surface area contributed by atoms with E-state index in [1.807, 2.05) is 31.2 Å². The summed E-state index contributed by atoms with van der Waals surface area (Å²) < 4.78 is 0. The lowest BCUT2D eigenvalue weighted by atomic mass is 10.1. The Morgan fingerprint density at radius 1 is 1.17 bits per heavy atom. The molecule has 2 aromatic carbocycles. The number of amides is 1. The van der Waals surface area contributed by atoms with Gasteiger partial charge in [-0.1, -0.05) is 35.9 Å². The largest absolute Gasteiger partial charge is 0.508 e. The van der Waals surface area contributed by atoms with E-state index in [-0.39, 0.29) is 11.7 Å². The Labute approximate surface area is 106 Å². The number of carbonyl (C=O) groups is 1. The van der Waals surface area contributed by atoms with Gasteiger partial charge in [-0.05, 0) is 24.6 Å². The highest BCUT2D eigenvalue weighted by Gasteiger charge is 2.04. The van der Waals surface area contributed by atoms with Gasteiger partial charge in [0.25, 0.3) is 0 Å². The molecule has 0 bridgehead atoms. The van der Waals surface area contributed by atoms with Gasteiger partial charge >= 0.3 is 0 Å². The number of aryl methyl sites for hydroxylation is 1. The first kappa shape index (κ1) is 12.2. The Balaban J connectivity index is 1.98. The first-order valence-corrected chi connectivity index (χ1v) is 5.78. The van der Waals surface area contributed by atoms with Gasteiger partial charge in [0.2, 0.25) is 5.91 Å². The Morgan fingerprint density at radius 3 is 2.56 bits per heavy atom. The average Bonchev–Trinajstić information content (AvgIpc) is 2.32. The normalized spacial score (nSPS) is 10.1. The van der Waals surface area contributed by atoms with Crippen molar-refractivity contribution in [3.63, 3.8) is 0 Å². The predicted molar refractivity (Wildman–Crippen MR) is 71.6 cm³/mol. The molecule has 2 aromatic rings. The number of hydrogen-bond acceptors (Lipinski definition) is 2. The minimum absolute atomic E-state index is 0.0931. The number of phenols is 1. The molecular formula is C15H15NO2. The van der Waals surface area contributed by atoms with Gasteiger partial charge in [-0.3, -0.25) is 4.79 Å². The van der Waals surface area contributed by atoms with Crippen LogP contribution in [0.5, 0.6) is 5.75 Å². The minimum Gasteiger partial charge on any atom is -0.508 e. The van der Waals surface area contributed by atoms with E-state index < -0.39 is 0 Å².